The molecule has 0 radical (unpaired) electrons. The highest BCUT2D eigenvalue weighted by Gasteiger charge is 2.13. The Hall–Kier alpha value is -1.37. The van der Waals surface area contributed by atoms with Crippen molar-refractivity contribution >= 4 is 38.2 Å². The van der Waals surface area contributed by atoms with Crippen molar-refractivity contribution in [3.63, 3.8) is 0 Å². The van der Waals surface area contributed by atoms with Gasteiger partial charge in [-0.05, 0) is 30.7 Å². The van der Waals surface area contributed by atoms with E-state index < -0.39 is 10.0 Å². The van der Waals surface area contributed by atoms with Crippen LogP contribution in [-0.4, -0.2) is 30.9 Å². The number of nitrogens with zero attached hydrogens (tertiary/aromatic N) is 1. The van der Waals surface area contributed by atoms with E-state index in [1.54, 1.807) is 30.5 Å². The third-order valence-electron chi connectivity index (χ3n) is 2.55. The van der Waals surface area contributed by atoms with Gasteiger partial charge in [-0.1, -0.05) is 11.6 Å². The van der Waals surface area contributed by atoms with Crippen LogP contribution in [0.5, 0.6) is 0 Å². The average molecular weight is 301 g/mol. The molecular weight excluding hydrogens is 288 g/mol. The summed E-state index contributed by atoms with van der Waals surface area (Å²) in [5, 5.41) is 9.88. The number of rotatable bonds is 5. The van der Waals surface area contributed by atoms with Crippen LogP contribution in [0.3, 0.4) is 0 Å². The highest BCUT2D eigenvalue weighted by atomic mass is 35.5. The Morgan fingerprint density at radius 2 is 2.11 bits per heavy atom. The fourth-order valence-corrected chi connectivity index (χ4v) is 3.02. The summed E-state index contributed by atoms with van der Waals surface area (Å²) < 4.78 is 26.1. The van der Waals surface area contributed by atoms with Crippen molar-refractivity contribution in [1.82, 2.24) is 4.98 Å². The van der Waals surface area contributed by atoms with Gasteiger partial charge >= 0.3 is 0 Å². The quantitative estimate of drug-likeness (QED) is 0.885. The van der Waals surface area contributed by atoms with Crippen molar-refractivity contribution in [3.8, 4) is 0 Å². The van der Waals surface area contributed by atoms with Gasteiger partial charge in [0.1, 0.15) is 0 Å². The fraction of sp³-hybridized carbons (Fsp3) is 0.250. The Morgan fingerprint density at radius 1 is 1.32 bits per heavy atom. The molecule has 0 unspecified atom stereocenters. The first-order valence-corrected chi connectivity index (χ1v) is 7.71. The molecule has 0 fully saturated rings. The normalized spacial score (nSPS) is 11.7. The van der Waals surface area contributed by atoms with E-state index in [4.69, 9.17) is 16.7 Å². The highest BCUT2D eigenvalue weighted by Crippen LogP contribution is 2.28. The van der Waals surface area contributed by atoms with E-state index in [9.17, 15) is 8.42 Å². The van der Waals surface area contributed by atoms with Crippen LogP contribution in [0.15, 0.2) is 30.5 Å². The number of benzene rings is 1. The molecule has 102 valence electrons. The Kier molecular flexibility index (Phi) is 4.24. The molecule has 7 heteroatoms. The molecule has 0 aliphatic rings. The summed E-state index contributed by atoms with van der Waals surface area (Å²) >= 11 is 6.03. The van der Waals surface area contributed by atoms with E-state index in [1.807, 2.05) is 0 Å². The predicted octanol–water partition coefficient (Wildman–Crippen LogP) is 2.01. The number of hydrogen-bond donors (Lipinski definition) is 2. The van der Waals surface area contributed by atoms with Crippen molar-refractivity contribution in [2.45, 2.75) is 6.42 Å². The second kappa shape index (κ2) is 5.73. The molecule has 2 aromatic rings. The summed E-state index contributed by atoms with van der Waals surface area (Å²) in [6, 6.07) is 6.71. The number of anilines is 1. The van der Waals surface area contributed by atoms with Crippen LogP contribution >= 0.6 is 11.6 Å². The zero-order valence-electron chi connectivity index (χ0n) is 10.0. The number of aliphatic hydroxyl groups excluding tert-OH is 1. The molecule has 1 aromatic carbocycles. The maximum atomic E-state index is 11.8. The molecule has 0 aliphatic carbocycles. The van der Waals surface area contributed by atoms with Gasteiger partial charge < -0.3 is 5.11 Å². The van der Waals surface area contributed by atoms with Gasteiger partial charge in [-0.25, -0.2) is 8.42 Å². The van der Waals surface area contributed by atoms with Crippen molar-refractivity contribution < 1.29 is 13.5 Å². The van der Waals surface area contributed by atoms with Gasteiger partial charge in [-0.15, -0.1) is 0 Å². The third-order valence-corrected chi connectivity index (χ3v) is 4.24. The summed E-state index contributed by atoms with van der Waals surface area (Å²) in [6.07, 6.45) is 1.76. The largest absolute Gasteiger partial charge is 0.396 e. The van der Waals surface area contributed by atoms with Crippen LogP contribution < -0.4 is 4.72 Å². The van der Waals surface area contributed by atoms with E-state index in [2.05, 4.69) is 9.71 Å². The van der Waals surface area contributed by atoms with Crippen LogP contribution in [0.2, 0.25) is 5.02 Å². The lowest BCUT2D eigenvalue weighted by Crippen LogP contribution is -2.17. The van der Waals surface area contributed by atoms with Crippen LogP contribution in [-0.2, 0) is 10.0 Å². The smallest absolute Gasteiger partial charge is 0.232 e. The molecule has 0 aliphatic heterocycles. The van der Waals surface area contributed by atoms with E-state index in [-0.39, 0.29) is 18.8 Å². The average Bonchev–Trinajstić information content (AvgIpc) is 2.40. The number of nitrogens with one attached hydrogen (secondary N) is 1. The standard InChI is InChI=1S/C12H13ClN2O3S/c13-10-4-5-11(12-9(10)3-1-6-14-12)15-19(17,18)8-2-7-16/h1,3-6,15-16H,2,7-8H2. The molecule has 0 spiro atoms. The molecule has 2 N–H and O–H groups in total. The maximum Gasteiger partial charge on any atom is 0.232 e. The highest BCUT2D eigenvalue weighted by molar-refractivity contribution is 7.92. The molecule has 0 saturated heterocycles. The third kappa shape index (κ3) is 3.34. The number of sulfonamides is 1. The van der Waals surface area contributed by atoms with Crippen molar-refractivity contribution in [1.29, 1.82) is 0 Å². The minimum absolute atomic E-state index is 0.138. The van der Waals surface area contributed by atoms with Crippen LogP contribution in [0.4, 0.5) is 5.69 Å². The van der Waals surface area contributed by atoms with Gasteiger partial charge in [0, 0.05) is 18.2 Å². The topological polar surface area (TPSA) is 79.3 Å². The minimum Gasteiger partial charge on any atom is -0.396 e. The molecule has 1 aromatic heterocycles. The summed E-state index contributed by atoms with van der Waals surface area (Å²) in [5.41, 5.74) is 0.889. The van der Waals surface area contributed by atoms with E-state index in [0.29, 0.717) is 21.6 Å². The molecule has 5 nitrogen and oxygen atoms in total. The lowest BCUT2D eigenvalue weighted by molar-refractivity contribution is 0.295. The molecule has 1 heterocycles. The zero-order valence-corrected chi connectivity index (χ0v) is 11.6. The lowest BCUT2D eigenvalue weighted by Gasteiger charge is -2.10. The van der Waals surface area contributed by atoms with Gasteiger partial charge in [0.05, 0.1) is 22.0 Å². The Morgan fingerprint density at radius 3 is 2.84 bits per heavy atom. The van der Waals surface area contributed by atoms with Crippen LogP contribution in [0, 0.1) is 0 Å². The number of hydrogen-bond acceptors (Lipinski definition) is 4. The van der Waals surface area contributed by atoms with Gasteiger partial charge in [0.15, 0.2) is 0 Å². The second-order valence-electron chi connectivity index (χ2n) is 3.99. The monoisotopic (exact) mass is 300 g/mol. The number of halogens is 1. The van der Waals surface area contributed by atoms with Gasteiger partial charge in [-0.3, -0.25) is 9.71 Å². The van der Waals surface area contributed by atoms with E-state index >= 15 is 0 Å². The molecule has 0 bridgehead atoms. The number of aromatic nitrogens is 1. The van der Waals surface area contributed by atoms with Crippen LogP contribution in [0.25, 0.3) is 10.9 Å². The SMILES string of the molecule is O=S(=O)(CCCO)Nc1ccc(Cl)c2cccnc12. The number of pyridine rings is 1. The molecular formula is C12H13ClN2O3S. The second-order valence-corrected chi connectivity index (χ2v) is 6.24. The van der Waals surface area contributed by atoms with E-state index in [0.717, 1.165) is 0 Å². The Bertz CT molecular complexity index is 688. The Labute approximate surface area is 116 Å². The summed E-state index contributed by atoms with van der Waals surface area (Å²) in [7, 11) is -3.49. The van der Waals surface area contributed by atoms with Crippen molar-refractivity contribution in [3.05, 3.63) is 35.5 Å². The molecule has 0 saturated carbocycles. The molecule has 0 amide bonds. The molecule has 2 rings (SSSR count). The Balaban J connectivity index is 2.39. The predicted molar refractivity (Wildman–Crippen MR) is 75.9 cm³/mol. The fourth-order valence-electron chi connectivity index (χ4n) is 1.69. The van der Waals surface area contributed by atoms with Crippen molar-refractivity contribution in [2.24, 2.45) is 0 Å². The first-order valence-electron chi connectivity index (χ1n) is 5.68. The van der Waals surface area contributed by atoms with Gasteiger partial charge in [-0.2, -0.15) is 0 Å². The molecule has 19 heavy (non-hydrogen) atoms. The zero-order chi connectivity index (χ0) is 13.9. The minimum atomic E-state index is -3.49. The summed E-state index contributed by atoms with van der Waals surface area (Å²) in [4.78, 5) is 4.15. The summed E-state index contributed by atoms with van der Waals surface area (Å²) in [5.74, 6) is -0.138. The van der Waals surface area contributed by atoms with Crippen molar-refractivity contribution in [2.75, 3.05) is 17.1 Å². The maximum absolute atomic E-state index is 11.8. The van der Waals surface area contributed by atoms with Crippen LogP contribution in [0.1, 0.15) is 6.42 Å². The lowest BCUT2D eigenvalue weighted by atomic mass is 10.2. The number of aliphatic hydroxyl groups is 1. The first kappa shape index (κ1) is 14.0. The summed E-state index contributed by atoms with van der Waals surface area (Å²) in [6.45, 7) is -0.166. The first-order chi connectivity index (χ1) is 9.03. The van der Waals surface area contributed by atoms with Gasteiger partial charge in [0.25, 0.3) is 0 Å². The van der Waals surface area contributed by atoms with E-state index in [1.165, 1.54) is 0 Å². The molecule has 0 atom stereocenters. The van der Waals surface area contributed by atoms with Gasteiger partial charge in [0.2, 0.25) is 10.0 Å². The number of fused-ring (bicyclic) bond motifs is 1.